The first-order chi connectivity index (χ1) is 3.31. The van der Waals surface area contributed by atoms with Crippen molar-refractivity contribution in [2.24, 2.45) is 21.2 Å². The third-order valence-electron chi connectivity index (χ3n) is 0.432. The predicted octanol–water partition coefficient (Wildman–Crippen LogP) is 0.361. The van der Waals surface area contributed by atoms with E-state index in [2.05, 4.69) is 15.3 Å². The second-order valence-electron chi connectivity index (χ2n) is 0.976. The molecule has 0 fully saturated rings. The van der Waals surface area contributed by atoms with Crippen molar-refractivity contribution < 1.29 is 0 Å². The van der Waals surface area contributed by atoms with Gasteiger partial charge in [-0.3, -0.25) is 0 Å². The normalized spacial score (nSPS) is 13.1. The van der Waals surface area contributed by atoms with Crippen LogP contribution < -0.4 is 5.84 Å². The Labute approximate surface area is 42.1 Å². The van der Waals surface area contributed by atoms with Crippen molar-refractivity contribution in [3.8, 4) is 0 Å². The molecular formula is C3H8N4. The first-order valence-corrected chi connectivity index (χ1v) is 1.85. The van der Waals surface area contributed by atoms with E-state index in [1.165, 1.54) is 0 Å². The zero-order valence-corrected chi connectivity index (χ0v) is 4.42. The van der Waals surface area contributed by atoms with Gasteiger partial charge in [0.1, 0.15) is 0 Å². The fourth-order valence-corrected chi connectivity index (χ4v) is 0.171. The number of nitrogens with two attached hydrogens (primary N) is 1. The molecule has 0 atom stereocenters. The van der Waals surface area contributed by atoms with Crippen LogP contribution in [-0.2, 0) is 0 Å². The molecule has 40 valence electrons. The minimum atomic E-state index is 0.488. The first kappa shape index (κ1) is 6.07. The summed E-state index contributed by atoms with van der Waals surface area (Å²) in [6.07, 6.45) is 0. The fourth-order valence-electron chi connectivity index (χ4n) is 0.171. The predicted molar refractivity (Wildman–Crippen MR) is 28.1 cm³/mol. The minimum Gasteiger partial charge on any atom is -0.321 e. The summed E-state index contributed by atoms with van der Waals surface area (Å²) in [5, 5.41) is 10.1. The first-order valence-electron chi connectivity index (χ1n) is 1.85. The summed E-state index contributed by atoms with van der Waals surface area (Å²) in [4.78, 5) is 0. The van der Waals surface area contributed by atoms with E-state index in [0.717, 1.165) is 0 Å². The van der Waals surface area contributed by atoms with Gasteiger partial charge in [-0.15, -0.1) is 5.11 Å². The Morgan fingerprint density at radius 3 is 2.29 bits per heavy atom. The molecule has 0 aliphatic rings. The van der Waals surface area contributed by atoms with Gasteiger partial charge in [0, 0.05) is 7.05 Å². The molecule has 0 aliphatic heterocycles. The van der Waals surface area contributed by atoms with E-state index in [1.54, 1.807) is 14.0 Å². The zero-order valence-electron chi connectivity index (χ0n) is 4.42. The molecule has 4 heteroatoms. The van der Waals surface area contributed by atoms with Crippen molar-refractivity contribution in [2.75, 3.05) is 7.05 Å². The lowest BCUT2D eigenvalue weighted by molar-refractivity contribution is 1.14. The molecule has 2 N–H and O–H groups in total. The summed E-state index contributed by atoms with van der Waals surface area (Å²) in [5.41, 5.74) is 0. The minimum absolute atomic E-state index is 0.488. The van der Waals surface area contributed by atoms with Gasteiger partial charge in [0.2, 0.25) is 0 Å². The number of hydrogen-bond donors (Lipinski definition) is 1. The maximum Gasteiger partial charge on any atom is 0.166 e. The molecular weight excluding hydrogens is 92.1 g/mol. The Hall–Kier alpha value is -0.930. The summed E-state index contributed by atoms with van der Waals surface area (Å²) in [6, 6.07) is 0. The number of amidine groups is 1. The maximum atomic E-state index is 4.79. The highest BCUT2D eigenvalue weighted by atomic mass is 15.2. The average Bonchev–Trinajstić information content (AvgIpc) is 1.68. The van der Waals surface area contributed by atoms with E-state index in [4.69, 9.17) is 5.84 Å². The second kappa shape index (κ2) is 3.27. The van der Waals surface area contributed by atoms with Crippen LogP contribution in [0.1, 0.15) is 6.92 Å². The molecule has 0 bridgehead atoms. The fraction of sp³-hybridized carbons (Fsp3) is 0.667. The Kier molecular flexibility index (Phi) is 2.83. The van der Waals surface area contributed by atoms with Crippen molar-refractivity contribution >= 4 is 5.84 Å². The zero-order chi connectivity index (χ0) is 5.70. The summed E-state index contributed by atoms with van der Waals surface area (Å²) in [7, 11) is 1.56. The van der Waals surface area contributed by atoms with Gasteiger partial charge in [-0.25, -0.2) is 0 Å². The van der Waals surface area contributed by atoms with Crippen LogP contribution in [0, 0.1) is 0 Å². The van der Waals surface area contributed by atoms with Gasteiger partial charge in [0.25, 0.3) is 0 Å². The average molecular weight is 100 g/mol. The van der Waals surface area contributed by atoms with E-state index in [0.29, 0.717) is 5.84 Å². The van der Waals surface area contributed by atoms with Crippen LogP contribution in [0.5, 0.6) is 0 Å². The monoisotopic (exact) mass is 100 g/mol. The van der Waals surface area contributed by atoms with Crippen LogP contribution in [0.3, 0.4) is 0 Å². The lowest BCUT2D eigenvalue weighted by atomic mass is 10.7. The molecule has 7 heavy (non-hydrogen) atoms. The standard InChI is InChI=1S/C3H8N4/c1-3(6-4)7-5-2/h4H2,1-2H3. The summed E-state index contributed by atoms with van der Waals surface area (Å²) in [5.74, 6) is 5.28. The van der Waals surface area contributed by atoms with E-state index >= 15 is 0 Å². The molecule has 4 nitrogen and oxygen atoms in total. The van der Waals surface area contributed by atoms with Crippen LogP contribution in [0.4, 0.5) is 0 Å². The highest BCUT2D eigenvalue weighted by Crippen LogP contribution is 1.73. The van der Waals surface area contributed by atoms with Crippen molar-refractivity contribution in [2.45, 2.75) is 6.92 Å². The van der Waals surface area contributed by atoms with E-state index in [-0.39, 0.29) is 0 Å². The third-order valence-corrected chi connectivity index (χ3v) is 0.432. The number of hydrazone groups is 1. The highest BCUT2D eigenvalue weighted by Gasteiger charge is 1.75. The van der Waals surface area contributed by atoms with Gasteiger partial charge >= 0.3 is 0 Å². The maximum absolute atomic E-state index is 4.79. The molecule has 0 aliphatic carbocycles. The van der Waals surface area contributed by atoms with Crippen LogP contribution in [0.25, 0.3) is 0 Å². The lowest BCUT2D eigenvalue weighted by Crippen LogP contribution is -1.89. The topological polar surface area (TPSA) is 63.1 Å². The largest absolute Gasteiger partial charge is 0.321 e. The molecule has 0 spiro atoms. The van der Waals surface area contributed by atoms with Crippen LogP contribution in [0.15, 0.2) is 15.3 Å². The molecule has 0 saturated carbocycles. The Morgan fingerprint density at radius 1 is 1.57 bits per heavy atom. The molecule has 0 saturated heterocycles. The van der Waals surface area contributed by atoms with Gasteiger partial charge in [-0.05, 0) is 6.92 Å². The smallest absolute Gasteiger partial charge is 0.166 e. The molecule has 0 aromatic rings. The van der Waals surface area contributed by atoms with Crippen molar-refractivity contribution in [1.29, 1.82) is 0 Å². The quantitative estimate of drug-likeness (QED) is 0.154. The molecule has 0 aromatic carbocycles. The molecule has 0 rings (SSSR count). The number of nitrogens with zero attached hydrogens (tertiary/aromatic N) is 3. The van der Waals surface area contributed by atoms with Crippen LogP contribution >= 0.6 is 0 Å². The van der Waals surface area contributed by atoms with E-state index in [9.17, 15) is 0 Å². The Balaban J connectivity index is 3.58. The van der Waals surface area contributed by atoms with Crippen molar-refractivity contribution in [3.63, 3.8) is 0 Å². The molecule has 0 aromatic heterocycles. The van der Waals surface area contributed by atoms with Gasteiger partial charge in [0.05, 0.1) is 0 Å². The third kappa shape index (κ3) is 2.88. The van der Waals surface area contributed by atoms with Crippen molar-refractivity contribution in [3.05, 3.63) is 0 Å². The number of rotatable bonds is 0. The summed E-state index contributed by atoms with van der Waals surface area (Å²) in [6.45, 7) is 1.67. The summed E-state index contributed by atoms with van der Waals surface area (Å²) < 4.78 is 0. The van der Waals surface area contributed by atoms with E-state index in [1.807, 2.05) is 0 Å². The van der Waals surface area contributed by atoms with Gasteiger partial charge in [-0.2, -0.15) is 10.2 Å². The molecule has 0 unspecified atom stereocenters. The van der Waals surface area contributed by atoms with Crippen LogP contribution in [0.2, 0.25) is 0 Å². The SMILES string of the molecule is CN=NC(C)=NN. The number of azo groups is 1. The van der Waals surface area contributed by atoms with Gasteiger partial charge < -0.3 is 5.84 Å². The van der Waals surface area contributed by atoms with E-state index < -0.39 is 0 Å². The number of hydrogen-bond acceptors (Lipinski definition) is 3. The summed E-state index contributed by atoms with van der Waals surface area (Å²) >= 11 is 0. The van der Waals surface area contributed by atoms with Crippen LogP contribution in [-0.4, -0.2) is 12.9 Å². The second-order valence-corrected chi connectivity index (χ2v) is 0.976. The van der Waals surface area contributed by atoms with Gasteiger partial charge in [0.15, 0.2) is 5.84 Å². The highest BCUT2D eigenvalue weighted by molar-refractivity contribution is 5.79. The Bertz CT molecular complexity index is 93.1. The lowest BCUT2D eigenvalue weighted by Gasteiger charge is -1.78. The van der Waals surface area contributed by atoms with Crippen molar-refractivity contribution in [1.82, 2.24) is 0 Å². The molecule has 0 amide bonds. The van der Waals surface area contributed by atoms with Gasteiger partial charge in [-0.1, -0.05) is 0 Å². The Morgan fingerprint density at radius 2 is 2.14 bits per heavy atom. The molecule has 0 heterocycles. The molecule has 0 radical (unpaired) electrons.